The smallest absolute Gasteiger partial charge is 0.182 e. The lowest BCUT2D eigenvalue weighted by atomic mass is 10.1. The molecule has 0 aliphatic rings. The van der Waals surface area contributed by atoms with E-state index in [2.05, 4.69) is 13.8 Å². The molecule has 1 atom stereocenters. The van der Waals surface area contributed by atoms with Gasteiger partial charge in [-0.25, -0.2) is 0 Å². The second-order valence-electron chi connectivity index (χ2n) is 3.20. The summed E-state index contributed by atoms with van der Waals surface area (Å²) in [6, 6.07) is 0. The second-order valence-corrected chi connectivity index (χ2v) is 3.20. The van der Waals surface area contributed by atoms with Crippen LogP contribution in [0.5, 0.6) is 0 Å². The lowest BCUT2D eigenvalue weighted by Crippen LogP contribution is -2.31. The van der Waals surface area contributed by atoms with Gasteiger partial charge in [-0.15, -0.1) is 0 Å². The fourth-order valence-corrected chi connectivity index (χ4v) is 0.883. The molecule has 0 aromatic carbocycles. The number of nitrogens with zero attached hydrogens (tertiary/aromatic N) is 1. The van der Waals surface area contributed by atoms with Crippen molar-refractivity contribution >= 4 is 7.98 Å². The topological polar surface area (TPSA) is 23.5 Å². The Morgan fingerprint density at radius 2 is 1.80 bits per heavy atom. The summed E-state index contributed by atoms with van der Waals surface area (Å²) in [7, 11) is 5.55. The first-order chi connectivity index (χ1) is 4.52. The van der Waals surface area contributed by atoms with E-state index in [1.807, 2.05) is 0 Å². The molecule has 0 rings (SSSR count). The van der Waals surface area contributed by atoms with Crippen molar-refractivity contribution in [3.63, 3.8) is 0 Å². The second kappa shape index (κ2) is 4.75. The van der Waals surface area contributed by atoms with Gasteiger partial charge in [0.15, 0.2) is 7.98 Å². The number of rotatable bonds is 4. The normalized spacial score (nSPS) is 14.6. The molecule has 58 valence electrons. The molecule has 0 saturated heterocycles. The van der Waals surface area contributed by atoms with Crippen molar-refractivity contribution in [2.75, 3.05) is 13.1 Å². The van der Waals surface area contributed by atoms with Crippen LogP contribution in [-0.4, -0.2) is 37.1 Å². The van der Waals surface area contributed by atoms with Gasteiger partial charge in [0.05, 0.1) is 6.10 Å². The molecule has 0 aliphatic carbocycles. The first kappa shape index (κ1) is 9.98. The maximum Gasteiger partial charge on any atom is 0.182 e. The SMILES string of the molecule is [B]N(CC(C)C)CC(C)O. The summed E-state index contributed by atoms with van der Waals surface area (Å²) in [5.74, 6) is 0.559. The Morgan fingerprint density at radius 3 is 2.10 bits per heavy atom. The largest absolute Gasteiger partial charge is 0.392 e. The van der Waals surface area contributed by atoms with Crippen molar-refractivity contribution in [1.29, 1.82) is 0 Å². The number of aliphatic hydroxyl groups excluding tert-OH is 1. The minimum absolute atomic E-state index is 0.330. The molecule has 0 heterocycles. The maximum absolute atomic E-state index is 8.91. The Labute approximate surface area is 64.7 Å². The van der Waals surface area contributed by atoms with Crippen molar-refractivity contribution in [3.05, 3.63) is 0 Å². The molecule has 0 amide bonds. The predicted molar refractivity (Wildman–Crippen MR) is 43.8 cm³/mol. The highest BCUT2D eigenvalue weighted by Gasteiger charge is 2.03. The Hall–Kier alpha value is -0.0151. The summed E-state index contributed by atoms with van der Waals surface area (Å²) >= 11 is 0. The summed E-state index contributed by atoms with van der Waals surface area (Å²) < 4.78 is 0. The Bertz CT molecular complexity index is 75.7. The van der Waals surface area contributed by atoms with Crippen LogP contribution in [0.3, 0.4) is 0 Å². The number of aliphatic hydroxyl groups is 1. The lowest BCUT2D eigenvalue weighted by Gasteiger charge is -2.20. The molecule has 0 spiro atoms. The van der Waals surface area contributed by atoms with Crippen molar-refractivity contribution in [1.82, 2.24) is 4.81 Å². The monoisotopic (exact) mass is 141 g/mol. The number of hydrogen-bond donors (Lipinski definition) is 1. The quantitative estimate of drug-likeness (QED) is 0.573. The Morgan fingerprint density at radius 1 is 1.30 bits per heavy atom. The first-order valence-electron chi connectivity index (χ1n) is 3.70. The van der Waals surface area contributed by atoms with Gasteiger partial charge < -0.3 is 9.92 Å². The van der Waals surface area contributed by atoms with Gasteiger partial charge in [-0.3, -0.25) is 0 Å². The zero-order valence-electron chi connectivity index (χ0n) is 7.04. The summed E-state index contributed by atoms with van der Waals surface area (Å²) in [5, 5.41) is 8.91. The first-order valence-corrected chi connectivity index (χ1v) is 3.70. The van der Waals surface area contributed by atoms with E-state index >= 15 is 0 Å². The van der Waals surface area contributed by atoms with E-state index in [1.54, 1.807) is 11.7 Å². The molecular weight excluding hydrogens is 125 g/mol. The van der Waals surface area contributed by atoms with Crippen molar-refractivity contribution < 1.29 is 5.11 Å². The summed E-state index contributed by atoms with van der Waals surface area (Å²) in [5.41, 5.74) is 0. The molecule has 0 aliphatic heterocycles. The van der Waals surface area contributed by atoms with E-state index in [-0.39, 0.29) is 6.10 Å². The molecule has 2 radical (unpaired) electrons. The van der Waals surface area contributed by atoms with E-state index in [0.29, 0.717) is 12.5 Å². The highest BCUT2D eigenvalue weighted by Crippen LogP contribution is 1.95. The van der Waals surface area contributed by atoms with Crippen molar-refractivity contribution in [2.24, 2.45) is 5.92 Å². The molecule has 3 heteroatoms. The van der Waals surface area contributed by atoms with Gasteiger partial charge >= 0.3 is 0 Å². The van der Waals surface area contributed by atoms with Gasteiger partial charge in [-0.1, -0.05) is 13.8 Å². The van der Waals surface area contributed by atoms with Gasteiger partial charge in [0, 0.05) is 6.54 Å². The van der Waals surface area contributed by atoms with Gasteiger partial charge in [0.1, 0.15) is 0 Å². The van der Waals surface area contributed by atoms with Crippen LogP contribution in [-0.2, 0) is 0 Å². The molecule has 0 aromatic heterocycles. The zero-order valence-corrected chi connectivity index (χ0v) is 7.04. The summed E-state index contributed by atoms with van der Waals surface area (Å²) in [6.07, 6.45) is -0.330. The molecule has 0 bridgehead atoms. The maximum atomic E-state index is 8.91. The molecular formula is C7H16BNO. The van der Waals surface area contributed by atoms with Gasteiger partial charge in [-0.05, 0) is 19.4 Å². The van der Waals surface area contributed by atoms with Gasteiger partial charge in [0.25, 0.3) is 0 Å². The van der Waals surface area contributed by atoms with E-state index in [4.69, 9.17) is 13.1 Å². The van der Waals surface area contributed by atoms with Crippen LogP contribution >= 0.6 is 0 Å². The van der Waals surface area contributed by atoms with Crippen LogP contribution in [0, 0.1) is 5.92 Å². The van der Waals surface area contributed by atoms with Crippen LogP contribution in [0.1, 0.15) is 20.8 Å². The standard InChI is InChI=1S/C7H16BNO/c1-6(2)4-9(8)5-7(3)10/h6-7,10H,4-5H2,1-3H3. The van der Waals surface area contributed by atoms with Crippen LogP contribution in [0.2, 0.25) is 0 Å². The lowest BCUT2D eigenvalue weighted by molar-refractivity contribution is 0.160. The molecule has 0 fully saturated rings. The fourth-order valence-electron chi connectivity index (χ4n) is 0.883. The minimum Gasteiger partial charge on any atom is -0.392 e. The van der Waals surface area contributed by atoms with E-state index in [0.717, 1.165) is 6.54 Å². The van der Waals surface area contributed by atoms with Gasteiger partial charge in [0.2, 0.25) is 0 Å². The van der Waals surface area contributed by atoms with Crippen molar-refractivity contribution in [3.8, 4) is 0 Å². The van der Waals surface area contributed by atoms with Gasteiger partial charge in [-0.2, -0.15) is 0 Å². The van der Waals surface area contributed by atoms with E-state index in [1.165, 1.54) is 0 Å². The average molecular weight is 141 g/mol. The third kappa shape index (κ3) is 6.11. The molecule has 0 saturated carbocycles. The van der Waals surface area contributed by atoms with Crippen molar-refractivity contribution in [2.45, 2.75) is 26.9 Å². The Balaban J connectivity index is 3.34. The predicted octanol–water partition coefficient (Wildman–Crippen LogP) is 0.409. The van der Waals surface area contributed by atoms with Crippen LogP contribution < -0.4 is 0 Å². The van der Waals surface area contributed by atoms with Crippen LogP contribution in [0.15, 0.2) is 0 Å². The summed E-state index contributed by atoms with van der Waals surface area (Å²) in [4.78, 5) is 1.65. The molecule has 1 N–H and O–H groups in total. The molecule has 10 heavy (non-hydrogen) atoms. The Kier molecular flexibility index (Phi) is 4.74. The third-order valence-electron chi connectivity index (χ3n) is 1.10. The number of hydrogen-bond acceptors (Lipinski definition) is 2. The molecule has 0 aromatic rings. The zero-order chi connectivity index (χ0) is 8.15. The minimum atomic E-state index is -0.330. The molecule has 1 unspecified atom stereocenters. The molecule has 2 nitrogen and oxygen atoms in total. The van der Waals surface area contributed by atoms with Crippen LogP contribution in [0.25, 0.3) is 0 Å². The van der Waals surface area contributed by atoms with E-state index in [9.17, 15) is 0 Å². The fraction of sp³-hybridized carbons (Fsp3) is 1.00. The highest BCUT2D eigenvalue weighted by atomic mass is 16.3. The average Bonchev–Trinajstić information content (AvgIpc) is 1.58. The van der Waals surface area contributed by atoms with Crippen LogP contribution in [0.4, 0.5) is 0 Å². The highest BCUT2D eigenvalue weighted by molar-refractivity contribution is 6.04. The summed E-state index contributed by atoms with van der Waals surface area (Å²) in [6.45, 7) is 7.33. The van der Waals surface area contributed by atoms with E-state index < -0.39 is 0 Å². The third-order valence-corrected chi connectivity index (χ3v) is 1.10.